The number of hydrogen-bond acceptors (Lipinski definition) is 3. The van der Waals surface area contributed by atoms with Gasteiger partial charge < -0.3 is 9.88 Å². The highest BCUT2D eigenvalue weighted by Gasteiger charge is 2.09. The van der Waals surface area contributed by atoms with Gasteiger partial charge in [0.15, 0.2) is 0 Å². The van der Waals surface area contributed by atoms with Crippen molar-refractivity contribution < 1.29 is 4.79 Å². The smallest absolute Gasteiger partial charge is 0.244 e. The van der Waals surface area contributed by atoms with Crippen molar-refractivity contribution in [2.24, 2.45) is 0 Å². The monoisotopic (exact) mass is 254 g/mol. The van der Waals surface area contributed by atoms with E-state index in [0.29, 0.717) is 11.3 Å². The lowest BCUT2D eigenvalue weighted by molar-refractivity contribution is -0.116. The molecule has 0 spiro atoms. The number of para-hydroxylation sites is 1. The normalized spacial score (nSPS) is 9.95. The van der Waals surface area contributed by atoms with Gasteiger partial charge in [-0.2, -0.15) is 5.26 Å². The molecule has 0 fully saturated rings. The maximum atomic E-state index is 11.9. The number of carbonyl (C=O) groups is 1. The van der Waals surface area contributed by atoms with E-state index in [1.807, 2.05) is 19.9 Å². The molecule has 2 rings (SSSR count). The van der Waals surface area contributed by atoms with Crippen LogP contribution in [0.15, 0.2) is 30.6 Å². The highest BCUT2D eigenvalue weighted by atomic mass is 16.1. The average molecular weight is 254 g/mol. The summed E-state index contributed by atoms with van der Waals surface area (Å²) in [4.78, 5) is 16.1. The predicted molar refractivity (Wildman–Crippen MR) is 71.5 cm³/mol. The first-order valence-corrected chi connectivity index (χ1v) is 5.89. The Balaban J connectivity index is 2.10. The summed E-state index contributed by atoms with van der Waals surface area (Å²) in [6.07, 6.45) is 1.64. The van der Waals surface area contributed by atoms with Crippen molar-refractivity contribution in [2.75, 3.05) is 5.32 Å². The Morgan fingerprint density at radius 3 is 2.79 bits per heavy atom. The van der Waals surface area contributed by atoms with Crippen molar-refractivity contribution in [3.05, 3.63) is 47.5 Å². The molecule has 0 saturated carbocycles. The molecule has 0 radical (unpaired) electrons. The molecule has 1 heterocycles. The van der Waals surface area contributed by atoms with Crippen LogP contribution in [0.2, 0.25) is 0 Å². The van der Waals surface area contributed by atoms with E-state index in [9.17, 15) is 4.79 Å². The average Bonchev–Trinajstić information content (AvgIpc) is 2.71. The van der Waals surface area contributed by atoms with Gasteiger partial charge in [0.2, 0.25) is 5.91 Å². The van der Waals surface area contributed by atoms with Crippen molar-refractivity contribution in [3.8, 4) is 6.07 Å². The highest BCUT2D eigenvalue weighted by molar-refractivity contribution is 5.91. The Morgan fingerprint density at radius 2 is 2.16 bits per heavy atom. The van der Waals surface area contributed by atoms with Crippen LogP contribution in [0.5, 0.6) is 0 Å². The first-order chi connectivity index (χ1) is 9.11. The van der Waals surface area contributed by atoms with Crippen molar-refractivity contribution in [1.82, 2.24) is 9.55 Å². The van der Waals surface area contributed by atoms with Gasteiger partial charge in [0.05, 0.1) is 23.3 Å². The number of imidazole rings is 1. The fourth-order valence-electron chi connectivity index (χ4n) is 1.74. The van der Waals surface area contributed by atoms with Gasteiger partial charge in [0, 0.05) is 5.69 Å². The van der Waals surface area contributed by atoms with Gasteiger partial charge in [0.25, 0.3) is 0 Å². The lowest BCUT2D eigenvalue weighted by Gasteiger charge is -2.08. The van der Waals surface area contributed by atoms with Gasteiger partial charge in [-0.15, -0.1) is 0 Å². The number of nitrogens with zero attached hydrogens (tertiary/aromatic N) is 3. The number of aromatic nitrogens is 2. The Labute approximate surface area is 111 Å². The standard InChI is InChI=1S/C14H14N4O/c1-10-11(2)18(9-16-10)8-14(19)17-13-6-4-3-5-12(13)7-15/h3-6,9H,8H2,1-2H3,(H,17,19). The van der Waals surface area contributed by atoms with Gasteiger partial charge in [-0.1, -0.05) is 12.1 Å². The Morgan fingerprint density at radius 1 is 1.42 bits per heavy atom. The largest absolute Gasteiger partial charge is 0.325 e. The van der Waals surface area contributed by atoms with Crippen LogP contribution in [0.4, 0.5) is 5.69 Å². The molecule has 0 aliphatic carbocycles. The lowest BCUT2D eigenvalue weighted by Crippen LogP contribution is -2.19. The van der Waals surface area contributed by atoms with Crippen molar-refractivity contribution in [1.29, 1.82) is 5.26 Å². The molecule has 0 aliphatic heterocycles. The predicted octanol–water partition coefficient (Wildman–Crippen LogP) is 2.01. The van der Waals surface area contributed by atoms with Crippen molar-refractivity contribution >= 4 is 11.6 Å². The molecule has 5 nitrogen and oxygen atoms in total. The molecule has 2 aromatic rings. The molecule has 0 bridgehead atoms. The van der Waals surface area contributed by atoms with Crippen LogP contribution in [0, 0.1) is 25.2 Å². The van der Waals surface area contributed by atoms with Crippen LogP contribution in [-0.2, 0) is 11.3 Å². The maximum absolute atomic E-state index is 11.9. The molecule has 1 amide bonds. The van der Waals surface area contributed by atoms with Gasteiger partial charge in [0.1, 0.15) is 12.6 Å². The second kappa shape index (κ2) is 5.36. The molecule has 1 aromatic heterocycles. The second-order valence-electron chi connectivity index (χ2n) is 4.25. The molecule has 96 valence electrons. The molecule has 0 atom stereocenters. The van der Waals surface area contributed by atoms with Crippen LogP contribution in [0.25, 0.3) is 0 Å². The van der Waals surface area contributed by atoms with Gasteiger partial charge in [-0.05, 0) is 26.0 Å². The molecular formula is C14H14N4O. The molecular weight excluding hydrogens is 240 g/mol. The zero-order valence-corrected chi connectivity index (χ0v) is 10.8. The molecule has 0 unspecified atom stereocenters. The number of amides is 1. The number of hydrogen-bond donors (Lipinski definition) is 1. The van der Waals surface area contributed by atoms with Gasteiger partial charge >= 0.3 is 0 Å². The summed E-state index contributed by atoms with van der Waals surface area (Å²) in [7, 11) is 0. The zero-order chi connectivity index (χ0) is 13.8. The molecule has 5 heteroatoms. The van der Waals surface area contributed by atoms with Crippen LogP contribution in [0.3, 0.4) is 0 Å². The SMILES string of the molecule is Cc1ncn(CC(=O)Nc2ccccc2C#N)c1C. The Hall–Kier alpha value is -2.61. The van der Waals surface area contributed by atoms with Gasteiger partial charge in [-0.3, -0.25) is 4.79 Å². The number of carbonyl (C=O) groups excluding carboxylic acids is 1. The minimum Gasteiger partial charge on any atom is -0.325 e. The van der Waals surface area contributed by atoms with E-state index in [1.54, 1.807) is 35.2 Å². The minimum atomic E-state index is -0.178. The van der Waals surface area contributed by atoms with E-state index in [-0.39, 0.29) is 12.5 Å². The summed E-state index contributed by atoms with van der Waals surface area (Å²) < 4.78 is 1.78. The first-order valence-electron chi connectivity index (χ1n) is 5.89. The van der Waals surface area contributed by atoms with E-state index >= 15 is 0 Å². The van der Waals surface area contributed by atoms with E-state index in [4.69, 9.17) is 5.26 Å². The zero-order valence-electron chi connectivity index (χ0n) is 10.8. The van der Waals surface area contributed by atoms with Crippen LogP contribution < -0.4 is 5.32 Å². The lowest BCUT2D eigenvalue weighted by atomic mass is 10.2. The molecule has 1 aromatic carbocycles. The van der Waals surface area contributed by atoms with Crippen LogP contribution in [-0.4, -0.2) is 15.5 Å². The Kier molecular flexibility index (Phi) is 3.62. The van der Waals surface area contributed by atoms with Crippen molar-refractivity contribution in [2.45, 2.75) is 20.4 Å². The van der Waals surface area contributed by atoms with Crippen molar-refractivity contribution in [3.63, 3.8) is 0 Å². The maximum Gasteiger partial charge on any atom is 0.244 e. The summed E-state index contributed by atoms with van der Waals surface area (Å²) >= 11 is 0. The highest BCUT2D eigenvalue weighted by Crippen LogP contribution is 2.13. The summed E-state index contributed by atoms with van der Waals surface area (Å²) in [5.74, 6) is -0.178. The summed E-state index contributed by atoms with van der Waals surface area (Å²) in [6.45, 7) is 4.00. The van der Waals surface area contributed by atoms with E-state index in [2.05, 4.69) is 10.3 Å². The van der Waals surface area contributed by atoms with E-state index < -0.39 is 0 Å². The number of anilines is 1. The first kappa shape index (κ1) is 12.8. The topological polar surface area (TPSA) is 70.7 Å². The fourth-order valence-corrected chi connectivity index (χ4v) is 1.74. The third kappa shape index (κ3) is 2.80. The van der Waals surface area contributed by atoms with E-state index in [1.165, 1.54) is 0 Å². The Bertz CT molecular complexity index is 652. The fraction of sp³-hybridized carbons (Fsp3) is 0.214. The number of nitriles is 1. The molecule has 0 aliphatic rings. The molecule has 1 N–H and O–H groups in total. The quantitative estimate of drug-likeness (QED) is 0.910. The summed E-state index contributed by atoms with van der Waals surface area (Å²) in [5.41, 5.74) is 2.85. The third-order valence-corrected chi connectivity index (χ3v) is 2.98. The van der Waals surface area contributed by atoms with Crippen LogP contribution >= 0.6 is 0 Å². The molecule has 0 saturated heterocycles. The number of benzene rings is 1. The summed E-state index contributed by atoms with van der Waals surface area (Å²) in [5, 5.41) is 11.7. The number of rotatable bonds is 3. The second-order valence-corrected chi connectivity index (χ2v) is 4.25. The third-order valence-electron chi connectivity index (χ3n) is 2.98. The molecule has 19 heavy (non-hydrogen) atoms. The van der Waals surface area contributed by atoms with Gasteiger partial charge in [-0.25, -0.2) is 4.98 Å². The number of aryl methyl sites for hydroxylation is 1. The minimum absolute atomic E-state index is 0.178. The summed E-state index contributed by atoms with van der Waals surface area (Å²) in [6, 6.07) is 8.97. The van der Waals surface area contributed by atoms with E-state index in [0.717, 1.165) is 11.4 Å². The number of nitrogens with one attached hydrogen (secondary N) is 1. The van der Waals surface area contributed by atoms with Crippen LogP contribution in [0.1, 0.15) is 17.0 Å².